The van der Waals surface area contributed by atoms with Crippen LogP contribution in [0.1, 0.15) is 55.8 Å². The van der Waals surface area contributed by atoms with E-state index in [0.29, 0.717) is 29.3 Å². The van der Waals surface area contributed by atoms with Crippen LogP contribution in [-0.2, 0) is 9.53 Å². The maximum atomic E-state index is 13.3. The Kier molecular flexibility index (Phi) is 4.65. The smallest absolute Gasteiger partial charge is 0.342 e. The van der Waals surface area contributed by atoms with E-state index in [1.807, 2.05) is 0 Å². The predicted molar refractivity (Wildman–Crippen MR) is 100 cm³/mol. The maximum Gasteiger partial charge on any atom is 0.342 e. The molecule has 0 N–H and O–H groups in total. The Morgan fingerprint density at radius 3 is 2.11 bits per heavy atom. The lowest BCUT2D eigenvalue weighted by Gasteiger charge is -2.56. The van der Waals surface area contributed by atoms with Gasteiger partial charge in [0.1, 0.15) is 5.56 Å². The van der Waals surface area contributed by atoms with Crippen LogP contribution in [0.2, 0.25) is 0 Å². The van der Waals surface area contributed by atoms with Gasteiger partial charge in [0.15, 0.2) is 23.4 Å². The molecule has 5 nitrogen and oxygen atoms in total. The number of benzene rings is 1. The summed E-state index contributed by atoms with van der Waals surface area (Å²) in [5, 5.41) is 0. The summed E-state index contributed by atoms with van der Waals surface area (Å²) in [7, 11) is 3.00. The molecule has 0 saturated heterocycles. The number of ketones is 1. The van der Waals surface area contributed by atoms with E-state index in [9.17, 15) is 9.59 Å². The fourth-order valence-electron chi connectivity index (χ4n) is 6.17. The standard InChI is InChI=1S/C22H28O5/c1-13(27-21(24)17-5-4-6-18(25-2)19(17)26-3)20(23)22-10-14-7-15(11-22)9-16(8-14)12-22/h4-6,13-16H,7-12H2,1-3H3/t13-,14?,15?,16?,22?/m0/s1. The fourth-order valence-corrected chi connectivity index (χ4v) is 6.17. The number of carbonyl (C=O) groups is 2. The Bertz CT molecular complexity index is 718. The number of Topliss-reactive ketones (excluding diaryl/α,β-unsaturated/α-hetero) is 1. The molecule has 1 aromatic rings. The number of hydrogen-bond donors (Lipinski definition) is 0. The minimum atomic E-state index is -0.746. The van der Waals surface area contributed by atoms with Crippen molar-refractivity contribution >= 4 is 11.8 Å². The molecule has 4 aliphatic rings. The quantitative estimate of drug-likeness (QED) is 0.706. The zero-order valence-electron chi connectivity index (χ0n) is 16.3. The summed E-state index contributed by atoms with van der Waals surface area (Å²) in [6.45, 7) is 1.71. The topological polar surface area (TPSA) is 61.8 Å². The van der Waals surface area contributed by atoms with E-state index < -0.39 is 12.1 Å². The molecule has 27 heavy (non-hydrogen) atoms. The molecule has 5 heteroatoms. The van der Waals surface area contributed by atoms with E-state index in [1.165, 1.54) is 33.5 Å². The molecule has 0 unspecified atom stereocenters. The highest BCUT2D eigenvalue weighted by molar-refractivity contribution is 5.97. The van der Waals surface area contributed by atoms with E-state index in [1.54, 1.807) is 25.1 Å². The van der Waals surface area contributed by atoms with Gasteiger partial charge < -0.3 is 14.2 Å². The lowest BCUT2D eigenvalue weighted by molar-refractivity contribution is -0.152. The van der Waals surface area contributed by atoms with Gasteiger partial charge in [0.25, 0.3) is 0 Å². The Morgan fingerprint density at radius 2 is 1.59 bits per heavy atom. The van der Waals surface area contributed by atoms with Crippen molar-refractivity contribution in [3.63, 3.8) is 0 Å². The third-order valence-electron chi connectivity index (χ3n) is 6.84. The van der Waals surface area contributed by atoms with Gasteiger partial charge in [0, 0.05) is 5.41 Å². The predicted octanol–water partition coefficient (Wildman–Crippen LogP) is 4.03. The van der Waals surface area contributed by atoms with Gasteiger partial charge in [-0.3, -0.25) is 4.79 Å². The summed E-state index contributed by atoms with van der Waals surface area (Å²) in [4.78, 5) is 26.0. The van der Waals surface area contributed by atoms with Crippen LogP contribution in [0.25, 0.3) is 0 Å². The van der Waals surface area contributed by atoms with E-state index in [2.05, 4.69) is 0 Å². The number of methoxy groups -OCH3 is 2. The lowest BCUT2D eigenvalue weighted by Crippen LogP contribution is -2.52. The molecule has 4 aliphatic carbocycles. The molecular formula is C22H28O5. The van der Waals surface area contributed by atoms with Crippen molar-refractivity contribution in [3.8, 4) is 11.5 Å². The van der Waals surface area contributed by atoms with Gasteiger partial charge in [-0.05, 0) is 75.3 Å². The Balaban J connectivity index is 1.50. The monoisotopic (exact) mass is 372 g/mol. The molecule has 146 valence electrons. The van der Waals surface area contributed by atoms with Crippen molar-refractivity contribution in [1.82, 2.24) is 0 Å². The molecule has 0 spiro atoms. The number of esters is 1. The first-order valence-corrected chi connectivity index (χ1v) is 9.92. The zero-order valence-corrected chi connectivity index (χ0v) is 16.3. The largest absolute Gasteiger partial charge is 0.493 e. The van der Waals surface area contributed by atoms with E-state index in [4.69, 9.17) is 14.2 Å². The first-order chi connectivity index (χ1) is 13.0. The molecule has 5 rings (SSSR count). The molecule has 0 aromatic heterocycles. The summed E-state index contributed by atoms with van der Waals surface area (Å²) < 4.78 is 16.2. The lowest BCUT2D eigenvalue weighted by atomic mass is 9.48. The molecule has 1 atom stereocenters. The second-order valence-corrected chi connectivity index (χ2v) is 8.65. The second-order valence-electron chi connectivity index (χ2n) is 8.65. The molecule has 0 aliphatic heterocycles. The third-order valence-corrected chi connectivity index (χ3v) is 6.84. The van der Waals surface area contributed by atoms with Gasteiger partial charge >= 0.3 is 5.97 Å². The first kappa shape index (κ1) is 18.3. The molecular weight excluding hydrogens is 344 g/mol. The molecule has 0 heterocycles. The minimum absolute atomic E-state index is 0.108. The highest BCUT2D eigenvalue weighted by Gasteiger charge is 2.55. The number of rotatable bonds is 6. The van der Waals surface area contributed by atoms with Crippen LogP contribution in [-0.4, -0.2) is 32.1 Å². The van der Waals surface area contributed by atoms with Crippen molar-refractivity contribution < 1.29 is 23.8 Å². The molecule has 0 radical (unpaired) electrons. The van der Waals surface area contributed by atoms with Crippen LogP contribution in [0.15, 0.2) is 18.2 Å². The highest BCUT2D eigenvalue weighted by atomic mass is 16.6. The van der Waals surface area contributed by atoms with E-state index in [0.717, 1.165) is 19.3 Å². The SMILES string of the molecule is COc1cccc(C(=O)O[C@@H](C)C(=O)C23CC4CC(CC(C4)C2)C3)c1OC. The van der Waals surface area contributed by atoms with Crippen molar-refractivity contribution in [2.24, 2.45) is 23.2 Å². The second kappa shape index (κ2) is 6.84. The van der Waals surface area contributed by atoms with Crippen LogP contribution in [0.4, 0.5) is 0 Å². The molecule has 4 saturated carbocycles. The molecule has 1 aromatic carbocycles. The van der Waals surface area contributed by atoms with Crippen molar-refractivity contribution in [2.75, 3.05) is 14.2 Å². The van der Waals surface area contributed by atoms with E-state index in [-0.39, 0.29) is 16.8 Å². The van der Waals surface area contributed by atoms with Crippen LogP contribution >= 0.6 is 0 Å². The average molecular weight is 372 g/mol. The molecule has 4 fully saturated rings. The van der Waals surface area contributed by atoms with Crippen LogP contribution in [0.5, 0.6) is 11.5 Å². The van der Waals surface area contributed by atoms with Crippen LogP contribution < -0.4 is 9.47 Å². The fraction of sp³-hybridized carbons (Fsp3) is 0.636. The maximum absolute atomic E-state index is 13.3. The first-order valence-electron chi connectivity index (χ1n) is 9.92. The van der Waals surface area contributed by atoms with Crippen LogP contribution in [0, 0.1) is 23.2 Å². The average Bonchev–Trinajstić information content (AvgIpc) is 2.65. The van der Waals surface area contributed by atoms with Gasteiger partial charge in [-0.15, -0.1) is 0 Å². The van der Waals surface area contributed by atoms with Crippen molar-refractivity contribution in [3.05, 3.63) is 23.8 Å². The van der Waals surface area contributed by atoms with Gasteiger partial charge in [0.05, 0.1) is 14.2 Å². The Morgan fingerprint density at radius 1 is 1.00 bits per heavy atom. The zero-order chi connectivity index (χ0) is 19.2. The molecule has 0 amide bonds. The number of para-hydroxylation sites is 1. The number of ether oxygens (including phenoxy) is 3. The number of hydrogen-bond acceptors (Lipinski definition) is 5. The van der Waals surface area contributed by atoms with Crippen molar-refractivity contribution in [2.45, 2.75) is 51.6 Å². The van der Waals surface area contributed by atoms with Crippen molar-refractivity contribution in [1.29, 1.82) is 0 Å². The Hall–Kier alpha value is -2.04. The molecule has 4 bridgehead atoms. The van der Waals surface area contributed by atoms with E-state index >= 15 is 0 Å². The van der Waals surface area contributed by atoms with Gasteiger partial charge in [-0.1, -0.05) is 6.07 Å². The summed E-state index contributed by atoms with van der Waals surface area (Å²) >= 11 is 0. The minimum Gasteiger partial charge on any atom is -0.493 e. The normalized spacial score (nSPS) is 32.0. The summed E-state index contributed by atoms with van der Waals surface area (Å²) in [6, 6.07) is 5.06. The highest BCUT2D eigenvalue weighted by Crippen LogP contribution is 2.60. The number of carbonyl (C=O) groups excluding carboxylic acids is 2. The van der Waals surface area contributed by atoms with Gasteiger partial charge in [-0.25, -0.2) is 4.79 Å². The Labute approximate surface area is 160 Å². The van der Waals surface area contributed by atoms with Gasteiger partial charge in [-0.2, -0.15) is 0 Å². The summed E-state index contributed by atoms with van der Waals surface area (Å²) in [5.74, 6) is 2.41. The summed E-state index contributed by atoms with van der Waals surface area (Å²) in [5.41, 5.74) is 0.00872. The summed E-state index contributed by atoms with van der Waals surface area (Å²) in [6.07, 6.45) is 6.02. The third kappa shape index (κ3) is 3.11. The van der Waals surface area contributed by atoms with Gasteiger partial charge in [0.2, 0.25) is 0 Å². The van der Waals surface area contributed by atoms with Crippen LogP contribution in [0.3, 0.4) is 0 Å².